The molecule has 1 N–H and O–H groups in total. The lowest BCUT2D eigenvalue weighted by Crippen LogP contribution is -2.47. The quantitative estimate of drug-likeness (QED) is 0.725. The van der Waals surface area contributed by atoms with Crippen LogP contribution in [0.2, 0.25) is 0 Å². The lowest BCUT2D eigenvalue weighted by molar-refractivity contribution is -0.120. The number of hydrogen-bond acceptors (Lipinski definition) is 4. The average Bonchev–Trinajstić information content (AvgIpc) is 3.23. The molecule has 150 valence electrons. The molecule has 0 aliphatic carbocycles. The van der Waals surface area contributed by atoms with E-state index < -0.39 is 17.8 Å². The number of nitrogens with zero attached hydrogens (tertiary/aromatic N) is 5. The molecule has 9 heteroatoms. The van der Waals surface area contributed by atoms with E-state index in [0.717, 1.165) is 11.3 Å². The SMILES string of the molecule is CN1C(=O)C(NC(=O)c2nn(Cc3ccccc3)cc2F)CCc2nn(C)cc21. The molecular formula is C20H21FN6O2. The first-order valence-corrected chi connectivity index (χ1v) is 9.30. The van der Waals surface area contributed by atoms with Crippen LogP contribution in [0.4, 0.5) is 10.1 Å². The first-order valence-electron chi connectivity index (χ1n) is 9.30. The van der Waals surface area contributed by atoms with E-state index in [9.17, 15) is 14.0 Å². The molecule has 0 saturated heterocycles. The molecule has 0 fully saturated rings. The maximum Gasteiger partial charge on any atom is 0.275 e. The minimum atomic E-state index is -0.773. The molecule has 1 aliphatic heterocycles. The van der Waals surface area contributed by atoms with Crippen LogP contribution in [-0.4, -0.2) is 44.5 Å². The minimum absolute atomic E-state index is 0.269. The Morgan fingerprint density at radius 2 is 1.97 bits per heavy atom. The van der Waals surface area contributed by atoms with E-state index in [0.29, 0.717) is 25.1 Å². The Kier molecular flexibility index (Phi) is 4.87. The molecule has 4 rings (SSSR count). The molecule has 1 atom stereocenters. The standard InChI is InChI=1S/C20H21FN6O2/c1-25-12-17-15(23-25)8-9-16(20(29)26(17)2)22-19(28)18-14(21)11-27(24-18)10-13-6-4-3-5-7-13/h3-7,11-12,16H,8-10H2,1-2H3,(H,22,28). The van der Waals surface area contributed by atoms with Crippen molar-refractivity contribution in [1.29, 1.82) is 0 Å². The molecule has 0 bridgehead atoms. The first-order chi connectivity index (χ1) is 13.9. The van der Waals surface area contributed by atoms with Crippen LogP contribution in [0.15, 0.2) is 42.7 Å². The highest BCUT2D eigenvalue weighted by atomic mass is 19.1. The fourth-order valence-electron chi connectivity index (χ4n) is 3.50. The smallest absolute Gasteiger partial charge is 0.275 e. The van der Waals surface area contributed by atoms with E-state index in [1.807, 2.05) is 30.3 Å². The van der Waals surface area contributed by atoms with E-state index in [1.165, 1.54) is 15.8 Å². The predicted molar refractivity (Wildman–Crippen MR) is 104 cm³/mol. The van der Waals surface area contributed by atoms with E-state index >= 15 is 0 Å². The van der Waals surface area contributed by atoms with Crippen molar-refractivity contribution in [3.05, 3.63) is 65.5 Å². The van der Waals surface area contributed by atoms with Crippen molar-refractivity contribution in [1.82, 2.24) is 24.9 Å². The van der Waals surface area contributed by atoms with Crippen molar-refractivity contribution in [2.75, 3.05) is 11.9 Å². The predicted octanol–water partition coefficient (Wildman–Crippen LogP) is 1.51. The van der Waals surface area contributed by atoms with Gasteiger partial charge in [0, 0.05) is 20.3 Å². The summed E-state index contributed by atoms with van der Waals surface area (Å²) in [6.45, 7) is 0.345. The molecule has 29 heavy (non-hydrogen) atoms. The number of rotatable bonds is 4. The van der Waals surface area contributed by atoms with Crippen molar-refractivity contribution in [3.63, 3.8) is 0 Å². The topological polar surface area (TPSA) is 85.1 Å². The molecule has 0 spiro atoms. The summed E-state index contributed by atoms with van der Waals surface area (Å²) in [6.07, 6.45) is 3.86. The molecule has 3 heterocycles. The molecule has 8 nitrogen and oxygen atoms in total. The van der Waals surface area contributed by atoms with Crippen molar-refractivity contribution in [2.45, 2.75) is 25.4 Å². The third-order valence-corrected chi connectivity index (χ3v) is 4.97. The zero-order chi connectivity index (χ0) is 20.5. The number of carbonyl (C=O) groups excluding carboxylic acids is 2. The number of halogens is 1. The Morgan fingerprint density at radius 3 is 2.72 bits per heavy atom. The van der Waals surface area contributed by atoms with Gasteiger partial charge in [-0.1, -0.05) is 30.3 Å². The summed E-state index contributed by atoms with van der Waals surface area (Å²) >= 11 is 0. The van der Waals surface area contributed by atoms with Crippen LogP contribution in [0.3, 0.4) is 0 Å². The second-order valence-electron chi connectivity index (χ2n) is 7.11. The minimum Gasteiger partial charge on any atom is -0.339 e. The number of hydrogen-bond donors (Lipinski definition) is 1. The van der Waals surface area contributed by atoms with E-state index in [4.69, 9.17) is 0 Å². The Hall–Kier alpha value is -3.49. The fraction of sp³-hybridized carbons (Fsp3) is 0.300. The highest BCUT2D eigenvalue weighted by Crippen LogP contribution is 2.24. The molecule has 1 aliphatic rings. The molecule has 2 aromatic heterocycles. The molecular weight excluding hydrogens is 375 g/mol. The molecule has 1 unspecified atom stereocenters. The number of amides is 2. The number of anilines is 1. The number of aryl methyl sites for hydroxylation is 2. The van der Waals surface area contributed by atoms with Crippen LogP contribution >= 0.6 is 0 Å². The van der Waals surface area contributed by atoms with Crippen molar-refractivity contribution in [2.24, 2.45) is 7.05 Å². The zero-order valence-corrected chi connectivity index (χ0v) is 16.2. The van der Waals surface area contributed by atoms with Gasteiger partial charge in [0.1, 0.15) is 6.04 Å². The van der Waals surface area contributed by atoms with Gasteiger partial charge in [0.25, 0.3) is 5.91 Å². The summed E-state index contributed by atoms with van der Waals surface area (Å²) in [4.78, 5) is 26.9. The van der Waals surface area contributed by atoms with E-state index in [2.05, 4.69) is 15.5 Å². The van der Waals surface area contributed by atoms with Gasteiger partial charge in [-0.2, -0.15) is 10.2 Å². The molecule has 3 aromatic rings. The van der Waals surface area contributed by atoms with Gasteiger partial charge < -0.3 is 10.2 Å². The number of likely N-dealkylation sites (N-methyl/N-ethyl adjacent to an activating group) is 1. The fourth-order valence-corrected chi connectivity index (χ4v) is 3.50. The largest absolute Gasteiger partial charge is 0.339 e. The highest BCUT2D eigenvalue weighted by Gasteiger charge is 2.32. The van der Waals surface area contributed by atoms with Gasteiger partial charge >= 0.3 is 0 Å². The van der Waals surface area contributed by atoms with Gasteiger partial charge in [-0.25, -0.2) is 4.39 Å². The second kappa shape index (κ2) is 7.50. The molecule has 0 radical (unpaired) electrons. The maximum atomic E-state index is 14.3. The summed E-state index contributed by atoms with van der Waals surface area (Å²) in [6, 6.07) is 8.66. The van der Waals surface area contributed by atoms with Crippen LogP contribution in [0.1, 0.15) is 28.2 Å². The van der Waals surface area contributed by atoms with Crippen LogP contribution in [0.5, 0.6) is 0 Å². The number of fused-ring (bicyclic) bond motifs is 1. The van der Waals surface area contributed by atoms with Crippen LogP contribution in [-0.2, 0) is 24.8 Å². The third-order valence-electron chi connectivity index (χ3n) is 4.97. The van der Waals surface area contributed by atoms with Crippen LogP contribution in [0, 0.1) is 5.82 Å². The number of carbonyl (C=O) groups is 2. The highest BCUT2D eigenvalue weighted by molar-refractivity contribution is 6.02. The number of nitrogens with one attached hydrogen (secondary N) is 1. The van der Waals surface area contributed by atoms with E-state index in [-0.39, 0.29) is 11.6 Å². The summed E-state index contributed by atoms with van der Waals surface area (Å²) in [5.41, 5.74) is 2.12. The van der Waals surface area contributed by atoms with Crippen molar-refractivity contribution < 1.29 is 14.0 Å². The van der Waals surface area contributed by atoms with Gasteiger partial charge in [-0.3, -0.25) is 19.0 Å². The van der Waals surface area contributed by atoms with Crippen LogP contribution < -0.4 is 10.2 Å². The molecule has 1 aromatic carbocycles. The number of benzene rings is 1. The number of aromatic nitrogens is 4. The first kappa shape index (κ1) is 18.9. The van der Waals surface area contributed by atoms with Crippen molar-refractivity contribution in [3.8, 4) is 0 Å². The van der Waals surface area contributed by atoms with Crippen LogP contribution in [0.25, 0.3) is 0 Å². The Labute approximate surface area is 166 Å². The average molecular weight is 396 g/mol. The van der Waals surface area contributed by atoms with E-state index in [1.54, 1.807) is 25.0 Å². The normalized spacial score (nSPS) is 16.4. The summed E-state index contributed by atoms with van der Waals surface area (Å²) < 4.78 is 17.4. The third kappa shape index (κ3) is 3.75. The Morgan fingerprint density at radius 1 is 1.21 bits per heavy atom. The van der Waals surface area contributed by atoms with Gasteiger partial charge in [0.05, 0.1) is 24.1 Å². The second-order valence-corrected chi connectivity index (χ2v) is 7.11. The summed E-state index contributed by atoms with van der Waals surface area (Å²) in [5, 5.41) is 11.1. The van der Waals surface area contributed by atoms with Crippen molar-refractivity contribution >= 4 is 17.5 Å². The maximum absolute atomic E-state index is 14.3. The van der Waals surface area contributed by atoms with Gasteiger partial charge in [-0.15, -0.1) is 0 Å². The Balaban J connectivity index is 1.48. The monoisotopic (exact) mass is 396 g/mol. The Bertz CT molecular complexity index is 1060. The van der Waals surface area contributed by atoms with Gasteiger partial charge in [-0.05, 0) is 18.4 Å². The zero-order valence-electron chi connectivity index (χ0n) is 16.2. The lowest BCUT2D eigenvalue weighted by Gasteiger charge is -2.20. The summed E-state index contributed by atoms with van der Waals surface area (Å²) in [7, 11) is 3.43. The lowest BCUT2D eigenvalue weighted by atomic mass is 10.1. The van der Waals surface area contributed by atoms with Gasteiger partial charge in [0.15, 0.2) is 11.5 Å². The molecule has 0 saturated carbocycles. The van der Waals surface area contributed by atoms with Gasteiger partial charge in [0.2, 0.25) is 5.91 Å². The molecule has 2 amide bonds. The summed E-state index contributed by atoms with van der Waals surface area (Å²) in [5.74, 6) is -1.70.